The third-order valence-electron chi connectivity index (χ3n) is 10.2. The molecule has 3 unspecified atom stereocenters. The first-order valence-electron chi connectivity index (χ1n) is 23.5. The summed E-state index contributed by atoms with van der Waals surface area (Å²) >= 11 is 0. The van der Waals surface area contributed by atoms with E-state index in [1.807, 2.05) is 27.2 Å². The molecule has 0 saturated heterocycles. The van der Waals surface area contributed by atoms with Gasteiger partial charge in [-0.25, -0.2) is 4.57 Å². The molecule has 0 radical (unpaired) electrons. The largest absolute Gasteiger partial charge is 0.472 e. The van der Waals surface area contributed by atoms with Gasteiger partial charge in [0.25, 0.3) is 0 Å². The summed E-state index contributed by atoms with van der Waals surface area (Å²) in [6.07, 6.45) is 50.4. The van der Waals surface area contributed by atoms with Crippen LogP contribution in [-0.2, 0) is 18.4 Å². The molecule has 0 bridgehead atoms. The van der Waals surface area contributed by atoms with Gasteiger partial charge >= 0.3 is 7.82 Å². The molecule has 0 heterocycles. The van der Waals surface area contributed by atoms with Crippen molar-refractivity contribution in [3.8, 4) is 0 Å². The van der Waals surface area contributed by atoms with Crippen LogP contribution in [0.25, 0.3) is 0 Å². The molecule has 0 aromatic carbocycles. The number of amides is 1. The zero-order valence-electron chi connectivity index (χ0n) is 37.8. The van der Waals surface area contributed by atoms with Crippen LogP contribution in [0.4, 0.5) is 0 Å². The second kappa shape index (κ2) is 39.9. The lowest BCUT2D eigenvalue weighted by molar-refractivity contribution is -0.870. The normalized spacial score (nSPS) is 14.7. The number of allylic oxidation sites excluding steroid dienone is 7. The van der Waals surface area contributed by atoms with Crippen molar-refractivity contribution >= 4 is 13.7 Å². The van der Waals surface area contributed by atoms with Gasteiger partial charge in [-0.05, 0) is 70.6 Å². The summed E-state index contributed by atoms with van der Waals surface area (Å²) < 4.78 is 23.5. The summed E-state index contributed by atoms with van der Waals surface area (Å²) in [4.78, 5) is 23.1. The van der Waals surface area contributed by atoms with Crippen LogP contribution in [-0.4, -0.2) is 73.4 Å². The van der Waals surface area contributed by atoms with E-state index < -0.39 is 20.0 Å². The Hall–Kier alpha value is -1.54. The molecular weight excluding hydrogens is 732 g/mol. The molecule has 0 spiro atoms. The van der Waals surface area contributed by atoms with Crippen LogP contribution in [0.15, 0.2) is 48.6 Å². The monoisotopic (exact) mass is 824 g/mol. The molecule has 0 fully saturated rings. The Balaban J connectivity index is 4.39. The van der Waals surface area contributed by atoms with E-state index in [1.54, 1.807) is 6.08 Å². The first-order chi connectivity index (χ1) is 27.5. The summed E-state index contributed by atoms with van der Waals surface area (Å²) in [5, 5.41) is 13.8. The van der Waals surface area contributed by atoms with Gasteiger partial charge in [0.1, 0.15) is 13.2 Å². The maximum Gasteiger partial charge on any atom is 0.472 e. The second-order valence-corrected chi connectivity index (χ2v) is 18.6. The lowest BCUT2D eigenvalue weighted by Gasteiger charge is -2.25. The Labute approximate surface area is 352 Å². The first-order valence-corrected chi connectivity index (χ1v) is 25.0. The molecule has 3 N–H and O–H groups in total. The second-order valence-electron chi connectivity index (χ2n) is 17.1. The summed E-state index contributed by atoms with van der Waals surface area (Å²) in [6, 6.07) is -0.871. The number of nitrogens with one attached hydrogen (secondary N) is 1. The molecular formula is C48H92N2O6P+. The number of unbranched alkanes of at least 4 members (excludes halogenated alkanes) is 23. The number of carbonyl (C=O) groups excluding carboxylic acids is 1. The molecule has 0 aliphatic carbocycles. The van der Waals surface area contributed by atoms with Crippen molar-refractivity contribution < 1.29 is 32.9 Å². The number of aliphatic hydroxyl groups is 1. The fraction of sp³-hybridized carbons (Fsp3) is 0.812. The van der Waals surface area contributed by atoms with Gasteiger partial charge < -0.3 is 19.8 Å². The van der Waals surface area contributed by atoms with E-state index in [9.17, 15) is 19.4 Å². The highest BCUT2D eigenvalue weighted by atomic mass is 31.2. The number of aliphatic hydroxyl groups excluding tert-OH is 1. The SMILES string of the molecule is CCCCCC/C=C/CC/C=C/CC/C=C/C(O)C(COP(=O)(O)OCC[N+](C)(C)C)NC(=O)CCCCCCCCC/C=C\CCCCCCCCCCCC. The molecule has 0 saturated carbocycles. The van der Waals surface area contributed by atoms with Crippen LogP contribution in [0.3, 0.4) is 0 Å². The molecule has 8 nitrogen and oxygen atoms in total. The van der Waals surface area contributed by atoms with Gasteiger partial charge in [0, 0.05) is 6.42 Å². The highest BCUT2D eigenvalue weighted by molar-refractivity contribution is 7.47. The number of carbonyl (C=O) groups is 1. The number of phosphoric ester groups is 1. The van der Waals surface area contributed by atoms with Crippen LogP contribution < -0.4 is 5.32 Å². The Kier molecular flexibility index (Phi) is 38.8. The summed E-state index contributed by atoms with van der Waals surface area (Å²) in [5.74, 6) is -0.197. The van der Waals surface area contributed by atoms with Crippen molar-refractivity contribution in [3.05, 3.63) is 48.6 Å². The van der Waals surface area contributed by atoms with Gasteiger partial charge in [0.05, 0.1) is 39.9 Å². The van der Waals surface area contributed by atoms with Gasteiger partial charge in [0.2, 0.25) is 5.91 Å². The molecule has 0 aliphatic heterocycles. The van der Waals surface area contributed by atoms with Gasteiger partial charge in [-0.1, -0.05) is 172 Å². The Morgan fingerprint density at radius 1 is 0.579 bits per heavy atom. The quantitative estimate of drug-likeness (QED) is 0.0245. The molecule has 0 aromatic rings. The Morgan fingerprint density at radius 2 is 0.965 bits per heavy atom. The van der Waals surface area contributed by atoms with Crippen LogP contribution >= 0.6 is 7.82 Å². The summed E-state index contributed by atoms with van der Waals surface area (Å²) in [7, 11) is 1.54. The molecule has 3 atom stereocenters. The average molecular weight is 824 g/mol. The standard InChI is InChI=1S/C48H91N2O6P/c1-6-8-10-12-14-16-18-20-22-23-24-25-26-27-28-30-32-34-36-38-40-42-48(52)49-46(45-56-57(53,54)55-44-43-50(3,4)5)47(51)41-39-37-35-33-31-29-21-19-17-15-13-11-9-7-2/h17,19,25-26,31,33,39,41,46-47,51H,6-16,18,20-24,27-30,32,34-38,40,42-45H2,1-5H3,(H-,49,52,53,54)/p+1/b19-17+,26-25-,33-31+,41-39+. The van der Waals surface area contributed by atoms with Gasteiger partial charge in [-0.2, -0.15) is 0 Å². The fourth-order valence-electron chi connectivity index (χ4n) is 6.48. The third kappa shape index (κ3) is 42.4. The van der Waals surface area contributed by atoms with E-state index in [-0.39, 0.29) is 19.1 Å². The molecule has 0 aromatic heterocycles. The van der Waals surface area contributed by atoms with Crippen molar-refractivity contribution in [2.24, 2.45) is 0 Å². The predicted octanol–water partition coefficient (Wildman–Crippen LogP) is 13.2. The van der Waals surface area contributed by atoms with E-state index in [4.69, 9.17) is 9.05 Å². The lowest BCUT2D eigenvalue weighted by Crippen LogP contribution is -2.45. The topological polar surface area (TPSA) is 105 Å². The fourth-order valence-corrected chi connectivity index (χ4v) is 7.21. The van der Waals surface area contributed by atoms with E-state index in [2.05, 4.69) is 55.6 Å². The maximum atomic E-state index is 12.9. The van der Waals surface area contributed by atoms with E-state index in [1.165, 1.54) is 135 Å². The smallest absolute Gasteiger partial charge is 0.387 e. The molecule has 57 heavy (non-hydrogen) atoms. The lowest BCUT2D eigenvalue weighted by atomic mass is 10.1. The van der Waals surface area contributed by atoms with Gasteiger partial charge in [-0.15, -0.1) is 0 Å². The molecule has 9 heteroatoms. The highest BCUT2D eigenvalue weighted by Gasteiger charge is 2.27. The van der Waals surface area contributed by atoms with Crippen molar-refractivity contribution in [1.82, 2.24) is 5.32 Å². The summed E-state index contributed by atoms with van der Waals surface area (Å²) in [6.45, 7) is 4.76. The summed E-state index contributed by atoms with van der Waals surface area (Å²) in [5.41, 5.74) is 0. The minimum atomic E-state index is -4.35. The van der Waals surface area contributed by atoms with E-state index in [0.717, 1.165) is 44.9 Å². The predicted molar refractivity (Wildman–Crippen MR) is 244 cm³/mol. The third-order valence-corrected chi connectivity index (χ3v) is 11.2. The van der Waals surface area contributed by atoms with Gasteiger partial charge in [-0.3, -0.25) is 13.8 Å². The van der Waals surface area contributed by atoms with Crippen LogP contribution in [0, 0.1) is 0 Å². The van der Waals surface area contributed by atoms with Crippen molar-refractivity contribution in [2.75, 3.05) is 40.9 Å². The van der Waals surface area contributed by atoms with Crippen molar-refractivity contribution in [2.45, 2.75) is 212 Å². The number of rotatable bonds is 42. The average Bonchev–Trinajstić information content (AvgIpc) is 3.16. The van der Waals surface area contributed by atoms with E-state index in [0.29, 0.717) is 17.4 Å². The first kappa shape index (κ1) is 55.5. The van der Waals surface area contributed by atoms with Crippen LogP contribution in [0.5, 0.6) is 0 Å². The number of hydrogen-bond acceptors (Lipinski definition) is 5. The van der Waals surface area contributed by atoms with Crippen molar-refractivity contribution in [1.29, 1.82) is 0 Å². The van der Waals surface area contributed by atoms with E-state index >= 15 is 0 Å². The molecule has 334 valence electrons. The number of likely N-dealkylation sites (N-methyl/N-ethyl adjacent to an activating group) is 1. The Morgan fingerprint density at radius 3 is 1.42 bits per heavy atom. The number of phosphoric acid groups is 1. The highest BCUT2D eigenvalue weighted by Crippen LogP contribution is 2.43. The minimum absolute atomic E-state index is 0.0517. The minimum Gasteiger partial charge on any atom is -0.387 e. The molecule has 0 aliphatic rings. The van der Waals surface area contributed by atoms with Gasteiger partial charge in [0.15, 0.2) is 0 Å². The Bertz CT molecular complexity index is 1070. The van der Waals surface area contributed by atoms with Crippen LogP contribution in [0.1, 0.15) is 200 Å². The van der Waals surface area contributed by atoms with Crippen molar-refractivity contribution in [3.63, 3.8) is 0 Å². The number of hydrogen-bond donors (Lipinski definition) is 3. The zero-order chi connectivity index (χ0) is 42.1. The van der Waals surface area contributed by atoms with Crippen LogP contribution in [0.2, 0.25) is 0 Å². The zero-order valence-corrected chi connectivity index (χ0v) is 38.7. The molecule has 0 rings (SSSR count). The molecule has 1 amide bonds. The number of nitrogens with zero attached hydrogens (tertiary/aromatic N) is 1. The maximum absolute atomic E-state index is 12.9. The number of quaternary nitrogens is 1.